The van der Waals surface area contributed by atoms with Gasteiger partial charge in [-0.15, -0.1) is 0 Å². The molecule has 6 nitrogen and oxygen atoms in total. The van der Waals surface area contributed by atoms with Crippen LogP contribution in [0.2, 0.25) is 0 Å². The molecule has 1 aliphatic rings. The zero-order valence-corrected chi connectivity index (χ0v) is 17.6. The molecule has 2 aromatic carbocycles. The molecule has 1 atom stereocenters. The largest absolute Gasteiger partial charge is 0.503 e. The van der Waals surface area contributed by atoms with E-state index in [-0.39, 0.29) is 25.0 Å². The van der Waals surface area contributed by atoms with E-state index in [9.17, 15) is 19.5 Å². The lowest BCUT2D eigenvalue weighted by Crippen LogP contribution is -2.32. The number of allylic oxidation sites excluding steroid dienone is 1. The number of amides is 1. The molecule has 2 aromatic rings. The molecule has 0 saturated carbocycles. The lowest BCUT2D eigenvalue weighted by molar-refractivity contribution is -0.138. The fourth-order valence-corrected chi connectivity index (χ4v) is 3.62. The first-order valence-electron chi connectivity index (χ1n) is 9.37. The molecular weight excluding hydrogens is 450 g/mol. The Bertz CT molecular complexity index is 1010. The van der Waals surface area contributed by atoms with E-state index in [1.165, 1.54) is 11.0 Å². The second-order valence-corrected chi connectivity index (χ2v) is 7.74. The number of hydrogen-bond acceptors (Lipinski definition) is 4. The van der Waals surface area contributed by atoms with E-state index < -0.39 is 29.5 Å². The number of nitrogens with zero attached hydrogens (tertiary/aromatic N) is 1. The number of carboxylic acids is 1. The van der Waals surface area contributed by atoms with Crippen LogP contribution in [-0.2, 0) is 14.4 Å². The molecule has 1 aliphatic heterocycles. The number of benzene rings is 2. The molecule has 0 fully saturated rings. The average molecular weight is 470 g/mol. The Morgan fingerprint density at radius 1 is 1.07 bits per heavy atom. The summed E-state index contributed by atoms with van der Waals surface area (Å²) in [6.45, 7) is 0.106. The second kappa shape index (κ2) is 9.54. The molecule has 2 N–H and O–H groups in total. The molecule has 0 unspecified atom stereocenters. The molecule has 0 saturated heterocycles. The van der Waals surface area contributed by atoms with Crippen molar-refractivity contribution in [1.29, 1.82) is 0 Å². The summed E-state index contributed by atoms with van der Waals surface area (Å²) < 4.78 is 0.832. The summed E-state index contributed by atoms with van der Waals surface area (Å²) >= 11 is 3.36. The molecule has 1 heterocycles. The normalized spacial score (nSPS) is 16.5. The molecule has 154 valence electrons. The molecule has 1 amide bonds. The number of ketones is 1. The van der Waals surface area contributed by atoms with Crippen molar-refractivity contribution < 1.29 is 24.6 Å². The van der Waals surface area contributed by atoms with Gasteiger partial charge in [-0.25, -0.2) is 0 Å². The Labute approximate surface area is 182 Å². The van der Waals surface area contributed by atoms with E-state index in [0.717, 1.165) is 10.0 Å². The molecule has 3 rings (SSSR count). The van der Waals surface area contributed by atoms with Crippen molar-refractivity contribution in [3.05, 3.63) is 87.6 Å². The number of rotatable bonds is 8. The van der Waals surface area contributed by atoms with E-state index in [4.69, 9.17) is 5.11 Å². The van der Waals surface area contributed by atoms with Gasteiger partial charge < -0.3 is 15.1 Å². The SMILES string of the molecule is O=C(O)CCCN1C(=O)C(O)=C(C(=O)/C=C/c2ccccc2)[C@@H]1c1ccc(Br)cc1. The van der Waals surface area contributed by atoms with Gasteiger partial charge in [-0.2, -0.15) is 0 Å². The van der Waals surface area contributed by atoms with Crippen LogP contribution in [0.15, 0.2) is 76.5 Å². The number of aliphatic hydroxyl groups excluding tert-OH is 1. The number of hydrogen-bond donors (Lipinski definition) is 2. The van der Waals surface area contributed by atoms with Crippen molar-refractivity contribution in [2.75, 3.05) is 6.54 Å². The predicted octanol–water partition coefficient (Wildman–Crippen LogP) is 4.29. The number of aliphatic carboxylic acids is 1. The lowest BCUT2D eigenvalue weighted by atomic mass is 9.95. The fraction of sp³-hybridized carbons (Fsp3) is 0.174. The summed E-state index contributed by atoms with van der Waals surface area (Å²) in [6.07, 6.45) is 3.05. The van der Waals surface area contributed by atoms with Crippen LogP contribution < -0.4 is 0 Å². The van der Waals surface area contributed by atoms with E-state index in [0.29, 0.717) is 5.56 Å². The minimum atomic E-state index is -0.971. The van der Waals surface area contributed by atoms with Gasteiger partial charge >= 0.3 is 5.97 Å². The first kappa shape index (κ1) is 21.5. The maximum Gasteiger partial charge on any atom is 0.303 e. The number of carboxylic acid groups (broad SMARTS) is 1. The summed E-state index contributed by atoms with van der Waals surface area (Å²) in [4.78, 5) is 37.9. The van der Waals surface area contributed by atoms with Gasteiger partial charge in [0.25, 0.3) is 5.91 Å². The van der Waals surface area contributed by atoms with Gasteiger partial charge in [0.05, 0.1) is 11.6 Å². The van der Waals surface area contributed by atoms with E-state index in [1.807, 2.05) is 30.3 Å². The Morgan fingerprint density at radius 3 is 2.37 bits per heavy atom. The van der Waals surface area contributed by atoms with E-state index in [2.05, 4.69) is 15.9 Å². The molecule has 0 spiro atoms. The highest BCUT2D eigenvalue weighted by Gasteiger charge is 2.42. The van der Waals surface area contributed by atoms with Gasteiger partial charge in [0.15, 0.2) is 11.5 Å². The van der Waals surface area contributed by atoms with Crippen molar-refractivity contribution in [2.24, 2.45) is 0 Å². The summed E-state index contributed by atoms with van der Waals surface area (Å²) in [5, 5.41) is 19.4. The Kier molecular flexibility index (Phi) is 6.84. The fourth-order valence-electron chi connectivity index (χ4n) is 3.35. The lowest BCUT2D eigenvalue weighted by Gasteiger charge is -2.26. The van der Waals surface area contributed by atoms with Crippen LogP contribution in [0.4, 0.5) is 0 Å². The van der Waals surface area contributed by atoms with Gasteiger partial charge in [0.2, 0.25) is 0 Å². The molecule has 0 bridgehead atoms. The Balaban J connectivity index is 1.94. The van der Waals surface area contributed by atoms with Crippen LogP contribution in [-0.4, -0.2) is 39.3 Å². The third-order valence-corrected chi connectivity index (χ3v) is 5.30. The second-order valence-electron chi connectivity index (χ2n) is 6.82. The van der Waals surface area contributed by atoms with Crippen molar-refractivity contribution in [1.82, 2.24) is 4.90 Å². The van der Waals surface area contributed by atoms with Crippen molar-refractivity contribution in [3.63, 3.8) is 0 Å². The minimum absolute atomic E-state index is 0.00942. The van der Waals surface area contributed by atoms with Gasteiger partial charge in [0, 0.05) is 17.4 Å². The van der Waals surface area contributed by atoms with Crippen LogP contribution in [0.1, 0.15) is 30.0 Å². The molecule has 7 heteroatoms. The zero-order valence-electron chi connectivity index (χ0n) is 16.0. The van der Waals surface area contributed by atoms with Crippen LogP contribution in [0.5, 0.6) is 0 Å². The third kappa shape index (κ3) is 4.86. The van der Waals surface area contributed by atoms with Crippen molar-refractivity contribution in [2.45, 2.75) is 18.9 Å². The highest BCUT2D eigenvalue weighted by Crippen LogP contribution is 2.38. The van der Waals surface area contributed by atoms with Gasteiger partial charge in [-0.3, -0.25) is 14.4 Å². The van der Waals surface area contributed by atoms with Crippen LogP contribution >= 0.6 is 15.9 Å². The summed E-state index contributed by atoms with van der Waals surface area (Å²) in [5.41, 5.74) is 1.46. The molecule has 0 aliphatic carbocycles. The number of carbonyl (C=O) groups excluding carboxylic acids is 2. The number of aliphatic hydroxyl groups is 1. The van der Waals surface area contributed by atoms with Crippen molar-refractivity contribution in [3.8, 4) is 0 Å². The Morgan fingerprint density at radius 2 is 1.73 bits per heavy atom. The summed E-state index contributed by atoms with van der Waals surface area (Å²) in [6, 6.07) is 15.5. The standard InChI is InChI=1S/C23H20BrNO5/c24-17-11-9-16(10-12-17)21-20(18(26)13-8-15-5-2-1-3-6-15)22(29)23(30)25(21)14-4-7-19(27)28/h1-3,5-6,8-13,21,29H,4,7,14H2,(H,27,28)/b13-8+/t21-/m0/s1. The minimum Gasteiger partial charge on any atom is -0.503 e. The van der Waals surface area contributed by atoms with E-state index in [1.54, 1.807) is 30.3 Å². The monoisotopic (exact) mass is 469 g/mol. The maximum atomic E-state index is 13.0. The number of halogens is 1. The zero-order chi connectivity index (χ0) is 21.7. The highest BCUT2D eigenvalue weighted by molar-refractivity contribution is 9.10. The van der Waals surface area contributed by atoms with Crippen LogP contribution in [0.25, 0.3) is 6.08 Å². The molecule has 0 radical (unpaired) electrons. The summed E-state index contributed by atoms with van der Waals surface area (Å²) in [7, 11) is 0. The highest BCUT2D eigenvalue weighted by atomic mass is 79.9. The maximum absolute atomic E-state index is 13.0. The Hall–Kier alpha value is -3.19. The van der Waals surface area contributed by atoms with E-state index >= 15 is 0 Å². The first-order chi connectivity index (χ1) is 14.4. The van der Waals surface area contributed by atoms with Crippen molar-refractivity contribution >= 4 is 39.7 Å². The smallest absolute Gasteiger partial charge is 0.303 e. The average Bonchev–Trinajstić information content (AvgIpc) is 2.98. The van der Waals surface area contributed by atoms with Crippen LogP contribution in [0.3, 0.4) is 0 Å². The van der Waals surface area contributed by atoms with Gasteiger partial charge in [-0.05, 0) is 35.8 Å². The van der Waals surface area contributed by atoms with Gasteiger partial charge in [-0.1, -0.05) is 64.5 Å². The first-order valence-corrected chi connectivity index (χ1v) is 10.2. The molecular formula is C23H20BrNO5. The quantitative estimate of drug-likeness (QED) is 0.562. The topological polar surface area (TPSA) is 94.9 Å². The third-order valence-electron chi connectivity index (χ3n) is 4.77. The molecule has 30 heavy (non-hydrogen) atoms. The van der Waals surface area contributed by atoms with Gasteiger partial charge in [0.1, 0.15) is 0 Å². The van der Waals surface area contributed by atoms with Crippen LogP contribution in [0, 0.1) is 0 Å². The number of carbonyl (C=O) groups is 3. The molecule has 0 aromatic heterocycles. The summed E-state index contributed by atoms with van der Waals surface area (Å²) in [5.74, 6) is -2.72. The predicted molar refractivity (Wildman–Crippen MR) is 116 cm³/mol.